The van der Waals surface area contributed by atoms with E-state index >= 15 is 0 Å². The van der Waals surface area contributed by atoms with E-state index in [4.69, 9.17) is 0 Å². The molecule has 0 amide bonds. The lowest BCUT2D eigenvalue weighted by atomic mass is 9.88. The number of fused-ring (bicyclic) bond motifs is 1. The van der Waals surface area contributed by atoms with Gasteiger partial charge in [-0.05, 0) is 37.2 Å². The smallest absolute Gasteiger partial charge is 0.104 e. The third-order valence-corrected chi connectivity index (χ3v) is 4.60. The van der Waals surface area contributed by atoms with Gasteiger partial charge in [0, 0.05) is 18.3 Å². The maximum Gasteiger partial charge on any atom is 0.104 e. The van der Waals surface area contributed by atoms with Gasteiger partial charge in [-0.25, -0.2) is 0 Å². The van der Waals surface area contributed by atoms with Crippen molar-refractivity contribution in [3.8, 4) is 11.8 Å². The number of rotatable bonds is 2. The highest BCUT2D eigenvalue weighted by Crippen LogP contribution is 2.38. The predicted molar refractivity (Wildman–Crippen MR) is 76.8 cm³/mol. The van der Waals surface area contributed by atoms with Gasteiger partial charge in [0.25, 0.3) is 0 Å². The Morgan fingerprint density at radius 2 is 2.29 bits per heavy atom. The third-order valence-electron chi connectivity index (χ3n) is 3.33. The molecule has 17 heavy (non-hydrogen) atoms. The molecule has 0 aromatic carbocycles. The summed E-state index contributed by atoms with van der Waals surface area (Å²) in [5.74, 6) is 7.51. The second-order valence-corrected chi connectivity index (χ2v) is 5.96. The molecule has 1 nitrogen and oxygen atoms in total. The van der Waals surface area contributed by atoms with Crippen LogP contribution >= 0.6 is 11.3 Å². The van der Waals surface area contributed by atoms with E-state index < -0.39 is 0 Å². The molecular weight excluding hydrogens is 226 g/mol. The molecule has 0 spiro atoms. The summed E-state index contributed by atoms with van der Waals surface area (Å²) in [6.07, 6.45) is 5.92. The van der Waals surface area contributed by atoms with Crippen LogP contribution in [0, 0.1) is 17.8 Å². The van der Waals surface area contributed by atoms with E-state index in [0.717, 1.165) is 18.8 Å². The first-order chi connectivity index (χ1) is 8.26. The minimum atomic E-state index is 0.835. The minimum absolute atomic E-state index is 0.835. The first-order valence-electron chi connectivity index (χ1n) is 6.57. The van der Waals surface area contributed by atoms with Gasteiger partial charge >= 0.3 is 0 Å². The average molecular weight is 247 g/mol. The zero-order valence-electron chi connectivity index (χ0n) is 11.0. The zero-order chi connectivity index (χ0) is 12.3. The highest BCUT2D eigenvalue weighted by molar-refractivity contribution is 7.16. The number of unbranched alkanes of at least 4 members (excludes halogenated alkanes) is 1. The van der Waals surface area contributed by atoms with Crippen LogP contribution in [0.2, 0.25) is 0 Å². The van der Waals surface area contributed by atoms with Gasteiger partial charge in [-0.1, -0.05) is 25.7 Å². The molecule has 92 valence electrons. The van der Waals surface area contributed by atoms with Crippen LogP contribution in [0.5, 0.6) is 0 Å². The summed E-state index contributed by atoms with van der Waals surface area (Å²) >= 11 is 1.91. The van der Waals surface area contributed by atoms with Crippen molar-refractivity contribution in [2.24, 2.45) is 5.92 Å². The summed E-state index contributed by atoms with van der Waals surface area (Å²) in [5, 5.41) is 4.58. The van der Waals surface area contributed by atoms with Crippen LogP contribution in [0.25, 0.3) is 0 Å². The van der Waals surface area contributed by atoms with Crippen molar-refractivity contribution in [1.82, 2.24) is 0 Å². The van der Waals surface area contributed by atoms with Gasteiger partial charge in [0.2, 0.25) is 0 Å². The van der Waals surface area contributed by atoms with Gasteiger partial charge in [0.05, 0.1) is 5.56 Å². The Kier molecular flexibility index (Phi) is 4.12. The van der Waals surface area contributed by atoms with Crippen LogP contribution in [0.1, 0.15) is 49.1 Å². The van der Waals surface area contributed by atoms with Crippen LogP contribution < -0.4 is 5.32 Å². The predicted octanol–water partition coefficient (Wildman–Crippen LogP) is 4.07. The fourth-order valence-electron chi connectivity index (χ4n) is 2.33. The molecule has 1 atom stereocenters. The topological polar surface area (TPSA) is 12.0 Å². The van der Waals surface area contributed by atoms with Gasteiger partial charge in [-0.15, -0.1) is 11.3 Å². The molecule has 2 heteroatoms. The van der Waals surface area contributed by atoms with Crippen molar-refractivity contribution in [2.45, 2.75) is 46.0 Å². The molecule has 2 rings (SSSR count). The molecule has 0 bridgehead atoms. The molecule has 1 heterocycles. The Morgan fingerprint density at radius 3 is 3.00 bits per heavy atom. The molecular formula is C15H21NS. The van der Waals surface area contributed by atoms with Gasteiger partial charge in [0.15, 0.2) is 0 Å². The van der Waals surface area contributed by atoms with Crippen LogP contribution in [0.15, 0.2) is 0 Å². The second-order valence-electron chi connectivity index (χ2n) is 4.86. The van der Waals surface area contributed by atoms with E-state index in [2.05, 4.69) is 31.0 Å². The van der Waals surface area contributed by atoms with E-state index in [1.165, 1.54) is 35.4 Å². The normalized spacial score (nSPS) is 18.2. The van der Waals surface area contributed by atoms with Gasteiger partial charge in [-0.3, -0.25) is 0 Å². The lowest BCUT2D eigenvalue weighted by Crippen LogP contribution is -2.09. The molecule has 0 saturated heterocycles. The standard InChI is InChI=1S/C15H21NS/c1-4-5-6-7-13-12-9-8-11(2)10-14(12)17-15(13)16-3/h11,16H,4-5,8-10H2,1-3H3. The van der Waals surface area contributed by atoms with Crippen LogP contribution in [-0.2, 0) is 12.8 Å². The van der Waals surface area contributed by atoms with Crippen molar-refractivity contribution in [2.75, 3.05) is 12.4 Å². The average Bonchev–Trinajstić information content (AvgIpc) is 2.67. The SMILES string of the molecule is CCCC#Cc1c(NC)sc2c1CCC(C)C2. The van der Waals surface area contributed by atoms with Gasteiger partial charge in [-0.2, -0.15) is 0 Å². The number of hydrogen-bond donors (Lipinski definition) is 1. The first-order valence-corrected chi connectivity index (χ1v) is 7.39. The van der Waals surface area contributed by atoms with E-state index in [1.54, 1.807) is 4.88 Å². The molecule has 0 radical (unpaired) electrons. The number of anilines is 1. The molecule has 1 aliphatic carbocycles. The molecule has 0 saturated carbocycles. The number of hydrogen-bond acceptors (Lipinski definition) is 2. The monoisotopic (exact) mass is 247 g/mol. The number of thiophene rings is 1. The fourth-order valence-corrected chi connectivity index (χ4v) is 3.65. The summed E-state index contributed by atoms with van der Waals surface area (Å²) in [7, 11) is 2.01. The van der Waals surface area contributed by atoms with Crippen LogP contribution in [-0.4, -0.2) is 7.05 Å². The van der Waals surface area contributed by atoms with Crippen molar-refractivity contribution >= 4 is 16.3 Å². The quantitative estimate of drug-likeness (QED) is 0.777. The lowest BCUT2D eigenvalue weighted by molar-refractivity contribution is 0.507. The molecule has 0 fully saturated rings. The Morgan fingerprint density at radius 1 is 1.47 bits per heavy atom. The summed E-state index contributed by atoms with van der Waals surface area (Å²) < 4.78 is 0. The van der Waals surface area contributed by atoms with Crippen LogP contribution in [0.3, 0.4) is 0 Å². The maximum absolute atomic E-state index is 3.39. The number of nitrogens with one attached hydrogen (secondary N) is 1. The van der Waals surface area contributed by atoms with E-state index in [9.17, 15) is 0 Å². The Hall–Kier alpha value is -0.940. The molecule has 1 N–H and O–H groups in total. The summed E-state index contributed by atoms with van der Waals surface area (Å²) in [6.45, 7) is 4.53. The second kappa shape index (κ2) is 5.60. The lowest BCUT2D eigenvalue weighted by Gasteiger charge is -2.17. The van der Waals surface area contributed by atoms with Crippen molar-refractivity contribution in [1.29, 1.82) is 0 Å². The maximum atomic E-state index is 3.39. The molecule has 0 aliphatic heterocycles. The highest BCUT2D eigenvalue weighted by atomic mass is 32.1. The van der Waals surface area contributed by atoms with E-state index in [1.807, 2.05) is 18.4 Å². The third kappa shape index (κ3) is 2.66. The summed E-state index contributed by atoms with van der Waals surface area (Å²) in [6, 6.07) is 0. The highest BCUT2D eigenvalue weighted by Gasteiger charge is 2.22. The van der Waals surface area contributed by atoms with Crippen molar-refractivity contribution in [3.63, 3.8) is 0 Å². The van der Waals surface area contributed by atoms with Gasteiger partial charge in [0.1, 0.15) is 5.00 Å². The molecule has 1 aromatic heterocycles. The Labute approximate surface area is 109 Å². The van der Waals surface area contributed by atoms with Gasteiger partial charge < -0.3 is 5.32 Å². The molecule has 1 unspecified atom stereocenters. The summed E-state index contributed by atoms with van der Waals surface area (Å²) in [4.78, 5) is 1.56. The largest absolute Gasteiger partial charge is 0.379 e. The van der Waals surface area contributed by atoms with E-state index in [0.29, 0.717) is 0 Å². The van der Waals surface area contributed by atoms with E-state index in [-0.39, 0.29) is 0 Å². The Balaban J connectivity index is 2.34. The first kappa shape index (κ1) is 12.5. The van der Waals surface area contributed by atoms with Crippen molar-refractivity contribution < 1.29 is 0 Å². The zero-order valence-corrected chi connectivity index (χ0v) is 11.8. The minimum Gasteiger partial charge on any atom is -0.379 e. The van der Waals surface area contributed by atoms with Crippen molar-refractivity contribution in [3.05, 3.63) is 16.0 Å². The molecule has 1 aromatic rings. The summed E-state index contributed by atoms with van der Waals surface area (Å²) in [5.41, 5.74) is 2.81. The molecule has 1 aliphatic rings. The Bertz CT molecular complexity index is 447. The van der Waals surface area contributed by atoms with Crippen LogP contribution in [0.4, 0.5) is 5.00 Å². The fraction of sp³-hybridized carbons (Fsp3) is 0.600.